The first kappa shape index (κ1) is 20.9. The minimum Gasteiger partial charge on any atom is -0.338 e. The molecule has 2 rings (SSSR count). The lowest BCUT2D eigenvalue weighted by molar-refractivity contribution is -0.133. The van der Waals surface area contributed by atoms with Gasteiger partial charge in [0.25, 0.3) is 0 Å². The molecule has 1 fully saturated rings. The third-order valence-electron chi connectivity index (χ3n) is 4.62. The number of hydrogen-bond acceptors (Lipinski definition) is 3. The van der Waals surface area contributed by atoms with Crippen LogP contribution in [0.1, 0.15) is 38.7 Å². The highest BCUT2D eigenvalue weighted by Crippen LogP contribution is 2.13. The highest BCUT2D eigenvalue weighted by atomic mass is 35.5. The third-order valence-corrected chi connectivity index (χ3v) is 4.62. The van der Waals surface area contributed by atoms with E-state index in [2.05, 4.69) is 36.2 Å². The molecule has 136 valence electrons. The zero-order valence-corrected chi connectivity index (χ0v) is 15.9. The van der Waals surface area contributed by atoms with Gasteiger partial charge in [0, 0.05) is 19.1 Å². The van der Waals surface area contributed by atoms with E-state index in [1.165, 1.54) is 5.56 Å². The Morgan fingerprint density at radius 2 is 1.83 bits per heavy atom. The molecule has 0 spiro atoms. The number of piperidine rings is 1. The van der Waals surface area contributed by atoms with E-state index in [0.29, 0.717) is 19.1 Å². The van der Waals surface area contributed by atoms with Gasteiger partial charge in [0.05, 0.1) is 6.54 Å². The first-order chi connectivity index (χ1) is 11.2. The van der Waals surface area contributed by atoms with Crippen LogP contribution >= 0.6 is 12.4 Å². The molecule has 1 aromatic rings. The summed E-state index contributed by atoms with van der Waals surface area (Å²) in [6.45, 7) is 9.44. The van der Waals surface area contributed by atoms with Crippen molar-refractivity contribution in [1.82, 2.24) is 15.1 Å². The topological polar surface area (TPSA) is 35.6 Å². The molecular weight excluding hydrogens is 322 g/mol. The van der Waals surface area contributed by atoms with Crippen molar-refractivity contribution >= 4 is 18.3 Å². The predicted octanol–water partition coefficient (Wildman–Crippen LogP) is 2.92. The van der Waals surface area contributed by atoms with E-state index in [-0.39, 0.29) is 18.3 Å². The van der Waals surface area contributed by atoms with Crippen LogP contribution in [0.2, 0.25) is 0 Å². The van der Waals surface area contributed by atoms with Gasteiger partial charge in [0.2, 0.25) is 5.91 Å². The van der Waals surface area contributed by atoms with E-state index >= 15 is 0 Å². The lowest BCUT2D eigenvalue weighted by Gasteiger charge is -2.35. The lowest BCUT2D eigenvalue weighted by Crippen LogP contribution is -2.48. The molecular formula is C19H32ClN3O. The number of hydrogen-bond donors (Lipinski definition) is 1. The number of benzene rings is 1. The molecule has 0 atom stereocenters. The summed E-state index contributed by atoms with van der Waals surface area (Å²) in [5.41, 5.74) is 1.20. The van der Waals surface area contributed by atoms with Crippen LogP contribution in [0.5, 0.6) is 0 Å². The lowest BCUT2D eigenvalue weighted by atomic mass is 10.0. The van der Waals surface area contributed by atoms with Gasteiger partial charge >= 0.3 is 0 Å². The summed E-state index contributed by atoms with van der Waals surface area (Å²) in [5, 5.41) is 3.41. The standard InChI is InChI=1S/C19H31N3O.ClH/c1-3-14-22(18-10-12-20-13-11-18)16-19(23)21(4-2)15-17-8-6-5-7-9-17;/h5-9,18,20H,3-4,10-16H2,1-2H3;1H. The molecule has 0 bridgehead atoms. The molecule has 5 heteroatoms. The fraction of sp³-hybridized carbons (Fsp3) is 0.632. The third kappa shape index (κ3) is 6.42. The van der Waals surface area contributed by atoms with Crippen molar-refractivity contribution < 1.29 is 4.79 Å². The summed E-state index contributed by atoms with van der Waals surface area (Å²) in [5.74, 6) is 0.253. The summed E-state index contributed by atoms with van der Waals surface area (Å²) in [6.07, 6.45) is 3.40. The molecule has 0 aromatic heterocycles. The smallest absolute Gasteiger partial charge is 0.237 e. The summed E-state index contributed by atoms with van der Waals surface area (Å²) < 4.78 is 0. The van der Waals surface area contributed by atoms with Crippen LogP contribution in [0.25, 0.3) is 0 Å². The highest BCUT2D eigenvalue weighted by molar-refractivity contribution is 5.85. The van der Waals surface area contributed by atoms with Crippen molar-refractivity contribution in [1.29, 1.82) is 0 Å². The van der Waals surface area contributed by atoms with Crippen LogP contribution in [-0.4, -0.2) is 54.5 Å². The van der Waals surface area contributed by atoms with Crippen molar-refractivity contribution in [3.63, 3.8) is 0 Å². The largest absolute Gasteiger partial charge is 0.338 e. The first-order valence-corrected chi connectivity index (χ1v) is 9.01. The van der Waals surface area contributed by atoms with Crippen molar-refractivity contribution in [3.05, 3.63) is 35.9 Å². The van der Waals surface area contributed by atoms with Crippen molar-refractivity contribution in [3.8, 4) is 0 Å². The van der Waals surface area contributed by atoms with Gasteiger partial charge in [-0.25, -0.2) is 0 Å². The maximum absolute atomic E-state index is 12.8. The van der Waals surface area contributed by atoms with E-state index in [1.54, 1.807) is 0 Å². The van der Waals surface area contributed by atoms with Gasteiger partial charge in [0.15, 0.2) is 0 Å². The zero-order valence-electron chi connectivity index (χ0n) is 15.0. The number of carbonyl (C=O) groups is 1. The molecule has 1 heterocycles. The van der Waals surface area contributed by atoms with E-state index in [9.17, 15) is 4.79 Å². The maximum atomic E-state index is 12.8. The second-order valence-electron chi connectivity index (χ2n) is 6.35. The monoisotopic (exact) mass is 353 g/mol. The summed E-state index contributed by atoms with van der Waals surface area (Å²) in [4.78, 5) is 17.1. The zero-order chi connectivity index (χ0) is 16.5. The van der Waals surface area contributed by atoms with Crippen LogP contribution in [-0.2, 0) is 11.3 Å². The number of halogens is 1. The second kappa shape index (κ2) is 11.5. The molecule has 0 saturated carbocycles. The van der Waals surface area contributed by atoms with Gasteiger partial charge in [-0.1, -0.05) is 37.3 Å². The quantitative estimate of drug-likeness (QED) is 0.780. The Balaban J connectivity index is 0.00000288. The molecule has 24 heavy (non-hydrogen) atoms. The molecule has 0 aliphatic carbocycles. The number of nitrogens with zero attached hydrogens (tertiary/aromatic N) is 2. The SMILES string of the molecule is CCCN(CC(=O)N(CC)Cc1ccccc1)C1CCNCC1.Cl. The molecule has 0 radical (unpaired) electrons. The van der Waals surface area contributed by atoms with Crippen LogP contribution in [0.15, 0.2) is 30.3 Å². The molecule has 1 aliphatic heterocycles. The first-order valence-electron chi connectivity index (χ1n) is 9.01. The maximum Gasteiger partial charge on any atom is 0.237 e. The highest BCUT2D eigenvalue weighted by Gasteiger charge is 2.24. The second-order valence-corrected chi connectivity index (χ2v) is 6.35. The summed E-state index contributed by atoms with van der Waals surface area (Å²) in [7, 11) is 0. The number of likely N-dealkylation sites (N-methyl/N-ethyl adjacent to an activating group) is 1. The Labute approximate surface area is 153 Å². The molecule has 1 aliphatic rings. The average molecular weight is 354 g/mol. The molecule has 1 amide bonds. The van der Waals surface area contributed by atoms with Gasteiger partial charge in [-0.3, -0.25) is 9.69 Å². The fourth-order valence-electron chi connectivity index (χ4n) is 3.30. The molecule has 0 unspecified atom stereocenters. The van der Waals surface area contributed by atoms with Gasteiger partial charge in [-0.2, -0.15) is 0 Å². The van der Waals surface area contributed by atoms with Gasteiger partial charge in [-0.05, 0) is 51.4 Å². The van der Waals surface area contributed by atoms with Crippen molar-refractivity contribution in [2.45, 2.75) is 45.7 Å². The Morgan fingerprint density at radius 1 is 1.17 bits per heavy atom. The number of amides is 1. The Bertz CT molecular complexity index is 463. The van der Waals surface area contributed by atoms with Crippen LogP contribution in [0, 0.1) is 0 Å². The predicted molar refractivity (Wildman–Crippen MR) is 103 cm³/mol. The Kier molecular flexibility index (Phi) is 9.99. The van der Waals surface area contributed by atoms with Gasteiger partial charge in [0.1, 0.15) is 0 Å². The van der Waals surface area contributed by atoms with E-state index < -0.39 is 0 Å². The minimum absolute atomic E-state index is 0. The van der Waals surface area contributed by atoms with Gasteiger partial charge in [-0.15, -0.1) is 12.4 Å². The van der Waals surface area contributed by atoms with E-state index in [4.69, 9.17) is 0 Å². The van der Waals surface area contributed by atoms with Crippen LogP contribution < -0.4 is 5.32 Å². The van der Waals surface area contributed by atoms with E-state index in [1.807, 2.05) is 23.1 Å². The number of carbonyl (C=O) groups excluding carboxylic acids is 1. The fourth-order valence-corrected chi connectivity index (χ4v) is 3.30. The van der Waals surface area contributed by atoms with Crippen LogP contribution in [0.4, 0.5) is 0 Å². The molecule has 1 saturated heterocycles. The molecule has 1 N–H and O–H groups in total. The number of rotatable bonds is 8. The van der Waals surface area contributed by atoms with Crippen LogP contribution in [0.3, 0.4) is 0 Å². The number of nitrogens with one attached hydrogen (secondary N) is 1. The summed E-state index contributed by atoms with van der Waals surface area (Å²) >= 11 is 0. The van der Waals surface area contributed by atoms with E-state index in [0.717, 1.165) is 45.4 Å². The normalized spacial score (nSPS) is 15.1. The van der Waals surface area contributed by atoms with Crippen molar-refractivity contribution in [2.75, 3.05) is 32.7 Å². The summed E-state index contributed by atoms with van der Waals surface area (Å²) in [6, 6.07) is 10.8. The average Bonchev–Trinajstić information content (AvgIpc) is 2.61. The minimum atomic E-state index is 0. The molecule has 4 nitrogen and oxygen atoms in total. The van der Waals surface area contributed by atoms with Crippen molar-refractivity contribution in [2.24, 2.45) is 0 Å². The Morgan fingerprint density at radius 3 is 2.42 bits per heavy atom. The van der Waals surface area contributed by atoms with Gasteiger partial charge < -0.3 is 10.2 Å². The Hall–Kier alpha value is -1.10. The molecule has 1 aromatic carbocycles.